The van der Waals surface area contributed by atoms with Crippen LogP contribution in [0.3, 0.4) is 0 Å². The van der Waals surface area contributed by atoms with Crippen LogP contribution in [0.5, 0.6) is 0 Å². The van der Waals surface area contributed by atoms with E-state index in [1.807, 2.05) is 24.9 Å². The Hall–Kier alpha value is -3.48. The van der Waals surface area contributed by atoms with Crippen molar-refractivity contribution in [3.63, 3.8) is 0 Å². The highest BCUT2D eigenvalue weighted by atomic mass is 16.2. The van der Waals surface area contributed by atoms with Crippen LogP contribution >= 0.6 is 0 Å². The van der Waals surface area contributed by atoms with Crippen molar-refractivity contribution in [1.29, 1.82) is 0 Å². The van der Waals surface area contributed by atoms with Crippen molar-refractivity contribution in [3.05, 3.63) is 54.2 Å². The minimum Gasteiger partial charge on any atom is -0.353 e. The summed E-state index contributed by atoms with van der Waals surface area (Å²) < 4.78 is 1.99. The maximum Gasteiger partial charge on any atom is 0.231 e. The van der Waals surface area contributed by atoms with E-state index in [4.69, 9.17) is 0 Å². The SMILES string of the molecule is CCC(=O)N[C@H]1CC[C@@H](Cn2nncc2-c2ccc(-c3ccc4c(c3)N(C)C(=O)C4)cc2)C1. The Bertz CT molecular complexity index is 1180. The average molecular weight is 444 g/mol. The summed E-state index contributed by atoms with van der Waals surface area (Å²) in [5.41, 5.74) is 6.36. The summed E-state index contributed by atoms with van der Waals surface area (Å²) in [7, 11) is 1.83. The van der Waals surface area contributed by atoms with Crippen LogP contribution in [-0.2, 0) is 22.6 Å². The summed E-state index contributed by atoms with van der Waals surface area (Å²) in [6.07, 6.45) is 5.92. The fourth-order valence-electron chi connectivity index (χ4n) is 5.02. The van der Waals surface area contributed by atoms with Crippen LogP contribution < -0.4 is 10.2 Å². The van der Waals surface area contributed by atoms with Crippen LogP contribution in [0.25, 0.3) is 22.4 Å². The highest BCUT2D eigenvalue weighted by Gasteiger charge is 2.27. The van der Waals surface area contributed by atoms with E-state index in [9.17, 15) is 9.59 Å². The van der Waals surface area contributed by atoms with Gasteiger partial charge in [-0.3, -0.25) is 9.59 Å². The summed E-state index contributed by atoms with van der Waals surface area (Å²) >= 11 is 0. The molecule has 2 aliphatic rings. The Morgan fingerprint density at radius 3 is 2.64 bits per heavy atom. The highest BCUT2D eigenvalue weighted by Crippen LogP contribution is 2.34. The van der Waals surface area contributed by atoms with Crippen LogP contribution in [-0.4, -0.2) is 39.9 Å². The van der Waals surface area contributed by atoms with Gasteiger partial charge in [-0.25, -0.2) is 4.68 Å². The Labute approximate surface area is 193 Å². The first-order valence-electron chi connectivity index (χ1n) is 11.7. The molecule has 1 aliphatic carbocycles. The van der Waals surface area contributed by atoms with Crippen molar-refractivity contribution in [3.8, 4) is 22.4 Å². The standard InChI is InChI=1S/C26H29N5O2/c1-3-25(32)28-22-11-4-17(12-22)16-31-24(15-27-29-31)19-7-5-18(6-8-19)20-9-10-21-14-26(33)30(2)23(21)13-20/h5-10,13,15,17,22H,3-4,11-12,14,16H2,1-2H3,(H,28,32)/t17-,22+/m1/s1. The number of fused-ring (bicyclic) bond motifs is 1. The zero-order valence-corrected chi connectivity index (χ0v) is 19.1. The zero-order valence-electron chi connectivity index (χ0n) is 19.1. The first kappa shape index (κ1) is 21.4. The van der Waals surface area contributed by atoms with Gasteiger partial charge in [0.15, 0.2) is 0 Å². The topological polar surface area (TPSA) is 80.1 Å². The van der Waals surface area contributed by atoms with Crippen LogP contribution in [0.1, 0.15) is 38.2 Å². The second-order valence-corrected chi connectivity index (χ2v) is 9.15. The van der Waals surface area contributed by atoms with E-state index in [0.717, 1.165) is 59.4 Å². The van der Waals surface area contributed by atoms with Crippen molar-refractivity contribution in [2.45, 2.75) is 51.6 Å². The first-order valence-corrected chi connectivity index (χ1v) is 11.7. The van der Waals surface area contributed by atoms with Gasteiger partial charge < -0.3 is 10.2 Å². The molecule has 0 bridgehead atoms. The summed E-state index contributed by atoms with van der Waals surface area (Å²) in [5.74, 6) is 0.751. The molecule has 1 N–H and O–H groups in total. The number of nitrogens with one attached hydrogen (secondary N) is 1. The van der Waals surface area contributed by atoms with Crippen LogP contribution in [0, 0.1) is 5.92 Å². The third kappa shape index (κ3) is 4.27. The number of likely N-dealkylation sites (N-methyl/N-ethyl adjacent to an activating group) is 1. The van der Waals surface area contributed by atoms with Crippen LogP contribution in [0.15, 0.2) is 48.7 Å². The van der Waals surface area contributed by atoms with Crippen molar-refractivity contribution in [2.75, 3.05) is 11.9 Å². The lowest BCUT2D eigenvalue weighted by atomic mass is 10.0. The van der Waals surface area contributed by atoms with Crippen molar-refractivity contribution in [2.24, 2.45) is 5.92 Å². The molecule has 2 atom stereocenters. The molecule has 0 spiro atoms. The molecule has 5 rings (SSSR count). The van der Waals surface area contributed by atoms with E-state index in [1.54, 1.807) is 4.90 Å². The number of carbonyl (C=O) groups excluding carboxylic acids is 2. The van der Waals surface area contributed by atoms with Crippen LogP contribution in [0.2, 0.25) is 0 Å². The number of amides is 2. The quantitative estimate of drug-likeness (QED) is 0.628. The number of carbonyl (C=O) groups is 2. The second kappa shape index (κ2) is 8.81. The summed E-state index contributed by atoms with van der Waals surface area (Å²) in [6.45, 7) is 2.69. The molecular weight excluding hydrogens is 414 g/mol. The van der Waals surface area contributed by atoms with Gasteiger partial charge in [0.25, 0.3) is 0 Å². The number of hydrogen-bond donors (Lipinski definition) is 1. The number of hydrogen-bond acceptors (Lipinski definition) is 4. The summed E-state index contributed by atoms with van der Waals surface area (Å²) in [4.78, 5) is 25.4. The molecule has 7 heteroatoms. The van der Waals surface area contributed by atoms with Gasteiger partial charge in [-0.2, -0.15) is 0 Å². The normalized spacial score (nSPS) is 19.7. The van der Waals surface area contributed by atoms with Crippen LogP contribution in [0.4, 0.5) is 5.69 Å². The second-order valence-electron chi connectivity index (χ2n) is 9.15. The lowest BCUT2D eigenvalue weighted by molar-refractivity contribution is -0.121. The molecule has 1 aliphatic heterocycles. The van der Waals surface area contributed by atoms with E-state index in [2.05, 4.69) is 58.1 Å². The van der Waals surface area contributed by atoms with E-state index in [-0.39, 0.29) is 17.9 Å². The minimum absolute atomic E-state index is 0.129. The predicted octanol–water partition coefficient (Wildman–Crippen LogP) is 3.83. The molecular formula is C26H29N5O2. The largest absolute Gasteiger partial charge is 0.353 e. The molecule has 1 fully saturated rings. The highest BCUT2D eigenvalue weighted by molar-refractivity contribution is 6.01. The summed E-state index contributed by atoms with van der Waals surface area (Å²) in [6, 6.07) is 14.9. The summed E-state index contributed by atoms with van der Waals surface area (Å²) in [5, 5.41) is 11.6. The Morgan fingerprint density at radius 2 is 1.85 bits per heavy atom. The average Bonchev–Trinajstić information content (AvgIpc) is 3.54. The molecule has 2 amide bonds. The smallest absolute Gasteiger partial charge is 0.231 e. The van der Waals surface area contributed by atoms with Crippen molar-refractivity contribution >= 4 is 17.5 Å². The van der Waals surface area contributed by atoms with E-state index in [0.29, 0.717) is 18.8 Å². The Morgan fingerprint density at radius 1 is 1.09 bits per heavy atom. The fourth-order valence-corrected chi connectivity index (χ4v) is 5.02. The maximum atomic E-state index is 12.0. The number of nitrogens with zero attached hydrogens (tertiary/aromatic N) is 4. The molecule has 1 saturated carbocycles. The van der Waals surface area contributed by atoms with Gasteiger partial charge in [0.2, 0.25) is 11.8 Å². The molecule has 7 nitrogen and oxygen atoms in total. The lowest BCUT2D eigenvalue weighted by Gasteiger charge is -2.14. The number of rotatable bonds is 6. The number of aromatic nitrogens is 3. The van der Waals surface area contributed by atoms with Gasteiger partial charge in [0.1, 0.15) is 0 Å². The van der Waals surface area contributed by atoms with E-state index in [1.165, 1.54) is 0 Å². The minimum atomic E-state index is 0.129. The monoisotopic (exact) mass is 443 g/mol. The molecule has 0 radical (unpaired) electrons. The Balaban J connectivity index is 1.29. The Kier molecular flexibility index (Phi) is 5.70. The van der Waals surface area contributed by atoms with Crippen molar-refractivity contribution in [1.82, 2.24) is 20.3 Å². The van der Waals surface area contributed by atoms with Gasteiger partial charge in [0.05, 0.1) is 18.3 Å². The molecule has 170 valence electrons. The van der Waals surface area contributed by atoms with Gasteiger partial charge in [-0.05, 0) is 47.9 Å². The predicted molar refractivity (Wildman–Crippen MR) is 128 cm³/mol. The lowest BCUT2D eigenvalue weighted by Crippen LogP contribution is -2.32. The molecule has 2 aromatic carbocycles. The van der Waals surface area contributed by atoms with Gasteiger partial charge in [0, 0.05) is 37.3 Å². The third-order valence-electron chi connectivity index (χ3n) is 6.95. The molecule has 33 heavy (non-hydrogen) atoms. The number of anilines is 1. The van der Waals surface area contributed by atoms with Gasteiger partial charge in [-0.15, -0.1) is 5.10 Å². The fraction of sp³-hybridized carbons (Fsp3) is 0.385. The van der Waals surface area contributed by atoms with Gasteiger partial charge >= 0.3 is 0 Å². The van der Waals surface area contributed by atoms with E-state index >= 15 is 0 Å². The van der Waals surface area contributed by atoms with Crippen molar-refractivity contribution < 1.29 is 9.59 Å². The number of benzene rings is 2. The maximum absolute atomic E-state index is 12.0. The molecule has 3 aromatic rings. The molecule has 1 aromatic heterocycles. The zero-order chi connectivity index (χ0) is 22.9. The van der Waals surface area contributed by atoms with Gasteiger partial charge in [-0.1, -0.05) is 48.5 Å². The molecule has 0 unspecified atom stereocenters. The van der Waals surface area contributed by atoms with E-state index < -0.39 is 0 Å². The molecule has 0 saturated heterocycles. The first-order chi connectivity index (χ1) is 16.0. The third-order valence-corrected chi connectivity index (χ3v) is 6.95. The molecule has 2 heterocycles.